The molecule has 0 spiro atoms. The van der Waals surface area contributed by atoms with Gasteiger partial charge in [0.2, 0.25) is 0 Å². The predicted molar refractivity (Wildman–Crippen MR) is 90.4 cm³/mol. The average Bonchev–Trinajstić information content (AvgIpc) is 2.68. The van der Waals surface area contributed by atoms with E-state index >= 15 is 0 Å². The molecule has 3 rings (SSSR count). The van der Waals surface area contributed by atoms with Crippen LogP contribution < -0.4 is 5.46 Å². The number of pyridine rings is 1. The molecule has 6 heteroatoms. The molecule has 0 aliphatic carbocycles. The number of aromatic nitrogens is 1. The molecule has 23 heavy (non-hydrogen) atoms. The summed E-state index contributed by atoms with van der Waals surface area (Å²) in [5.74, 6) is -0.320. The third-order valence-electron chi connectivity index (χ3n) is 4.52. The molecular weight excluding hydrogens is 315 g/mol. The van der Waals surface area contributed by atoms with Crippen LogP contribution in [-0.4, -0.2) is 23.3 Å². The van der Waals surface area contributed by atoms with Crippen molar-refractivity contribution in [1.29, 1.82) is 0 Å². The molecule has 1 fully saturated rings. The Hall–Kier alpha value is -1.43. The van der Waals surface area contributed by atoms with Crippen LogP contribution in [-0.2, 0) is 9.31 Å². The Balaban J connectivity index is 1.99. The maximum Gasteiger partial charge on any atom is 0.496 e. The van der Waals surface area contributed by atoms with Crippen LogP contribution in [0.3, 0.4) is 0 Å². The van der Waals surface area contributed by atoms with E-state index in [4.69, 9.17) is 20.9 Å². The Bertz CT molecular complexity index is 735. The first-order valence-electron chi connectivity index (χ1n) is 7.47. The normalized spacial score (nSPS) is 19.1. The Kier molecular flexibility index (Phi) is 3.99. The summed E-state index contributed by atoms with van der Waals surface area (Å²) < 4.78 is 25.5. The van der Waals surface area contributed by atoms with Crippen molar-refractivity contribution in [3.8, 4) is 11.1 Å². The fraction of sp³-hybridized carbons (Fsp3) is 0.353. The zero-order valence-corrected chi connectivity index (χ0v) is 14.3. The standard InChI is InChI=1S/C17H18BClFNO2/c1-16(2)17(3,4)23-18(22-16)12-9-14(15(19)21-10-12)11-6-5-7-13(20)8-11/h5-10H,1-4H3. The van der Waals surface area contributed by atoms with E-state index in [1.165, 1.54) is 12.1 Å². The summed E-state index contributed by atoms with van der Waals surface area (Å²) in [4.78, 5) is 4.21. The van der Waals surface area contributed by atoms with Crippen molar-refractivity contribution in [1.82, 2.24) is 4.98 Å². The molecule has 0 bridgehead atoms. The number of nitrogens with zero attached hydrogens (tertiary/aromatic N) is 1. The van der Waals surface area contributed by atoms with Gasteiger partial charge in [-0.15, -0.1) is 0 Å². The molecule has 1 saturated heterocycles. The van der Waals surface area contributed by atoms with Crippen LogP contribution in [0, 0.1) is 5.82 Å². The van der Waals surface area contributed by atoms with Crippen molar-refractivity contribution in [2.45, 2.75) is 38.9 Å². The second-order valence-electron chi connectivity index (χ2n) is 6.71. The molecule has 120 valence electrons. The largest absolute Gasteiger partial charge is 0.496 e. The van der Waals surface area contributed by atoms with E-state index < -0.39 is 18.3 Å². The lowest BCUT2D eigenvalue weighted by Gasteiger charge is -2.32. The van der Waals surface area contributed by atoms with Crippen molar-refractivity contribution >= 4 is 24.2 Å². The summed E-state index contributed by atoms with van der Waals surface area (Å²) in [5.41, 5.74) is 1.21. The van der Waals surface area contributed by atoms with E-state index in [0.717, 1.165) is 5.46 Å². The van der Waals surface area contributed by atoms with Crippen LogP contribution >= 0.6 is 11.6 Å². The van der Waals surface area contributed by atoms with Crippen molar-refractivity contribution in [3.63, 3.8) is 0 Å². The van der Waals surface area contributed by atoms with Crippen molar-refractivity contribution in [2.75, 3.05) is 0 Å². The highest BCUT2D eigenvalue weighted by Gasteiger charge is 2.51. The first-order chi connectivity index (χ1) is 10.7. The van der Waals surface area contributed by atoms with Gasteiger partial charge in [0.1, 0.15) is 11.0 Å². The van der Waals surface area contributed by atoms with Gasteiger partial charge in [0.15, 0.2) is 0 Å². The lowest BCUT2D eigenvalue weighted by Crippen LogP contribution is -2.41. The van der Waals surface area contributed by atoms with E-state index in [1.54, 1.807) is 18.3 Å². The minimum Gasteiger partial charge on any atom is -0.399 e. The average molecular weight is 334 g/mol. The van der Waals surface area contributed by atoms with E-state index in [1.807, 2.05) is 33.8 Å². The maximum atomic E-state index is 13.5. The van der Waals surface area contributed by atoms with Crippen LogP contribution in [0.5, 0.6) is 0 Å². The molecule has 0 atom stereocenters. The Morgan fingerprint density at radius 2 is 1.74 bits per heavy atom. The summed E-state index contributed by atoms with van der Waals surface area (Å²) in [7, 11) is -0.530. The number of hydrogen-bond acceptors (Lipinski definition) is 3. The predicted octanol–water partition coefficient (Wildman–Crippen LogP) is 3.84. The van der Waals surface area contributed by atoms with Gasteiger partial charge < -0.3 is 9.31 Å². The molecular formula is C17H18BClFNO2. The van der Waals surface area contributed by atoms with Crippen LogP contribution in [0.15, 0.2) is 36.5 Å². The summed E-state index contributed by atoms with van der Waals surface area (Å²) in [6.07, 6.45) is 1.63. The lowest BCUT2D eigenvalue weighted by atomic mass is 9.79. The summed E-state index contributed by atoms with van der Waals surface area (Å²) in [5, 5.41) is 0.316. The van der Waals surface area contributed by atoms with Gasteiger partial charge >= 0.3 is 7.12 Å². The van der Waals surface area contributed by atoms with Crippen molar-refractivity contribution in [2.24, 2.45) is 0 Å². The highest BCUT2D eigenvalue weighted by Crippen LogP contribution is 2.37. The molecule has 1 aromatic carbocycles. The second kappa shape index (κ2) is 5.58. The van der Waals surface area contributed by atoms with E-state index in [9.17, 15) is 4.39 Å². The Morgan fingerprint density at radius 3 is 2.35 bits per heavy atom. The number of hydrogen-bond donors (Lipinski definition) is 0. The lowest BCUT2D eigenvalue weighted by molar-refractivity contribution is 0.00578. The summed E-state index contributed by atoms with van der Waals surface area (Å²) in [6, 6.07) is 8.09. The second-order valence-corrected chi connectivity index (χ2v) is 7.06. The smallest absolute Gasteiger partial charge is 0.399 e. The molecule has 1 aliphatic heterocycles. The van der Waals surface area contributed by atoms with Crippen LogP contribution in [0.4, 0.5) is 4.39 Å². The highest BCUT2D eigenvalue weighted by atomic mass is 35.5. The van der Waals surface area contributed by atoms with E-state index in [2.05, 4.69) is 4.98 Å². The molecule has 0 radical (unpaired) electrons. The SMILES string of the molecule is CC1(C)OB(c2cnc(Cl)c(-c3cccc(F)c3)c2)OC1(C)C. The highest BCUT2D eigenvalue weighted by molar-refractivity contribution is 6.62. The fourth-order valence-electron chi connectivity index (χ4n) is 2.43. The van der Waals surface area contributed by atoms with Crippen LogP contribution in [0.25, 0.3) is 11.1 Å². The van der Waals surface area contributed by atoms with E-state index in [-0.39, 0.29) is 5.82 Å². The number of benzene rings is 1. The third-order valence-corrected chi connectivity index (χ3v) is 4.82. The quantitative estimate of drug-likeness (QED) is 0.618. The van der Waals surface area contributed by atoms with Gasteiger partial charge in [0.05, 0.1) is 11.2 Å². The zero-order chi connectivity index (χ0) is 16.8. The number of rotatable bonds is 2. The first-order valence-corrected chi connectivity index (χ1v) is 7.84. The molecule has 0 saturated carbocycles. The fourth-order valence-corrected chi connectivity index (χ4v) is 2.64. The first kappa shape index (κ1) is 16.4. The minimum atomic E-state index is -0.530. The van der Waals surface area contributed by atoms with Gasteiger partial charge in [0, 0.05) is 17.2 Å². The van der Waals surface area contributed by atoms with Gasteiger partial charge in [-0.1, -0.05) is 23.7 Å². The van der Waals surface area contributed by atoms with Gasteiger partial charge in [0.25, 0.3) is 0 Å². The van der Waals surface area contributed by atoms with Crippen LogP contribution in [0.2, 0.25) is 5.15 Å². The van der Waals surface area contributed by atoms with Crippen molar-refractivity contribution < 1.29 is 13.7 Å². The van der Waals surface area contributed by atoms with Gasteiger partial charge in [-0.25, -0.2) is 9.37 Å². The molecule has 0 unspecified atom stereocenters. The monoisotopic (exact) mass is 333 g/mol. The van der Waals surface area contributed by atoms with E-state index in [0.29, 0.717) is 16.3 Å². The van der Waals surface area contributed by atoms with Crippen LogP contribution in [0.1, 0.15) is 27.7 Å². The molecule has 0 amide bonds. The summed E-state index contributed by atoms with van der Waals surface area (Å²) >= 11 is 6.19. The molecule has 2 aromatic rings. The van der Waals surface area contributed by atoms with Crippen molar-refractivity contribution in [3.05, 3.63) is 47.5 Å². The Morgan fingerprint density at radius 1 is 1.09 bits per heavy atom. The Labute approximate surface area is 140 Å². The molecule has 0 N–H and O–H groups in total. The summed E-state index contributed by atoms with van der Waals surface area (Å²) in [6.45, 7) is 7.96. The molecule has 1 aromatic heterocycles. The zero-order valence-electron chi connectivity index (χ0n) is 13.6. The molecule has 2 heterocycles. The maximum absolute atomic E-state index is 13.5. The van der Waals surface area contributed by atoms with Gasteiger partial charge in [-0.2, -0.15) is 0 Å². The topological polar surface area (TPSA) is 31.4 Å². The van der Waals surface area contributed by atoms with Gasteiger partial charge in [-0.05, 0) is 51.5 Å². The van der Waals surface area contributed by atoms with Gasteiger partial charge in [-0.3, -0.25) is 0 Å². The third kappa shape index (κ3) is 3.01. The molecule has 1 aliphatic rings. The number of halogens is 2. The minimum absolute atomic E-state index is 0.316. The molecule has 3 nitrogen and oxygen atoms in total.